The second-order valence-corrected chi connectivity index (χ2v) is 13.5. The van der Waals surface area contributed by atoms with Crippen molar-refractivity contribution in [2.45, 2.75) is 83.8 Å². The number of anilines is 4. The predicted molar refractivity (Wildman–Crippen MR) is 190 cm³/mol. The number of carbonyl (C=O) groups is 2. The molecule has 1 aliphatic heterocycles. The van der Waals surface area contributed by atoms with Crippen molar-refractivity contribution in [3.63, 3.8) is 0 Å². The first-order valence-electron chi connectivity index (χ1n) is 17.6. The second-order valence-electron chi connectivity index (χ2n) is 13.5. The van der Waals surface area contributed by atoms with Crippen LogP contribution in [0.25, 0.3) is 11.0 Å². The van der Waals surface area contributed by atoms with Crippen molar-refractivity contribution < 1.29 is 14.4 Å². The molecule has 0 bridgehead atoms. The van der Waals surface area contributed by atoms with Crippen LogP contribution in [-0.2, 0) is 4.84 Å². The molecule has 2 saturated carbocycles. The Balaban J connectivity index is 0.973. The van der Waals surface area contributed by atoms with E-state index in [-0.39, 0.29) is 35.0 Å². The SMILES string of the molecule is CC(=O)c1c(C)c2cnc(Nc3ccc(N4CCN(c5ccc(C(=O)NOC6CCCCC6)cc5)CC4)cn3)nc2n(C2CCCC2)c1=O. The van der Waals surface area contributed by atoms with Crippen LogP contribution in [0.4, 0.5) is 23.1 Å². The van der Waals surface area contributed by atoms with Gasteiger partial charge in [-0.1, -0.05) is 32.1 Å². The molecule has 2 aliphatic carbocycles. The molecule has 3 aliphatic rings. The maximum absolute atomic E-state index is 13.5. The van der Waals surface area contributed by atoms with E-state index in [1.165, 1.54) is 13.3 Å². The Kier molecular flexibility index (Phi) is 9.56. The summed E-state index contributed by atoms with van der Waals surface area (Å²) in [6.45, 7) is 6.58. The summed E-state index contributed by atoms with van der Waals surface area (Å²) in [6, 6.07) is 11.7. The quantitative estimate of drug-likeness (QED) is 0.165. The fourth-order valence-electron chi connectivity index (χ4n) is 7.50. The van der Waals surface area contributed by atoms with Gasteiger partial charge in [-0.15, -0.1) is 0 Å². The van der Waals surface area contributed by atoms with Crippen molar-refractivity contribution in [3.8, 4) is 0 Å². The van der Waals surface area contributed by atoms with Gasteiger partial charge in [0.2, 0.25) is 5.95 Å². The van der Waals surface area contributed by atoms with Gasteiger partial charge in [-0.2, -0.15) is 4.98 Å². The number of aromatic nitrogens is 4. The van der Waals surface area contributed by atoms with Crippen molar-refractivity contribution in [3.05, 3.63) is 75.8 Å². The van der Waals surface area contributed by atoms with E-state index in [0.29, 0.717) is 33.9 Å². The lowest BCUT2D eigenvalue weighted by atomic mass is 9.98. The van der Waals surface area contributed by atoms with Gasteiger partial charge in [-0.05, 0) is 81.5 Å². The van der Waals surface area contributed by atoms with E-state index in [1.54, 1.807) is 17.7 Å². The molecule has 1 amide bonds. The molecule has 0 unspecified atom stereocenters. The van der Waals surface area contributed by atoms with Crippen molar-refractivity contribution in [1.29, 1.82) is 0 Å². The summed E-state index contributed by atoms with van der Waals surface area (Å²) >= 11 is 0. The number of nitrogens with zero attached hydrogens (tertiary/aromatic N) is 6. The zero-order valence-corrected chi connectivity index (χ0v) is 28.3. The van der Waals surface area contributed by atoms with Crippen LogP contribution in [-0.4, -0.2) is 63.5 Å². The molecule has 1 aromatic carbocycles. The second kappa shape index (κ2) is 14.3. The van der Waals surface area contributed by atoms with E-state index in [9.17, 15) is 14.4 Å². The maximum Gasteiger partial charge on any atom is 0.274 e. The Morgan fingerprint density at radius 2 is 1.47 bits per heavy atom. The molecule has 12 nitrogen and oxygen atoms in total. The Bertz CT molecular complexity index is 1870. The number of Topliss-reactive ketones (excluding diaryl/α,β-unsaturated/α-hetero) is 1. The minimum Gasteiger partial charge on any atom is -0.368 e. The third kappa shape index (κ3) is 7.01. The largest absolute Gasteiger partial charge is 0.368 e. The lowest BCUT2D eigenvalue weighted by molar-refractivity contribution is -0.0312. The standard InChI is InChI=1S/C37H44N8O4/c1-24-31-23-39-37(41-34(31)45(28-8-6-7-9-28)36(48)33(24)25(2)46)40-32-17-16-29(22-38-32)44-20-18-43(19-21-44)27-14-12-26(13-15-27)35(47)42-49-30-10-4-3-5-11-30/h12-17,22-23,28,30H,3-11,18-21H2,1-2H3,(H,42,47)(H,38,39,40,41). The van der Waals surface area contributed by atoms with Crippen molar-refractivity contribution >= 4 is 45.9 Å². The first-order valence-corrected chi connectivity index (χ1v) is 17.6. The number of benzene rings is 1. The summed E-state index contributed by atoms with van der Waals surface area (Å²) in [5.41, 5.74) is 6.46. The van der Waals surface area contributed by atoms with Gasteiger partial charge >= 0.3 is 0 Å². The van der Waals surface area contributed by atoms with E-state index >= 15 is 0 Å². The number of nitrogens with one attached hydrogen (secondary N) is 2. The monoisotopic (exact) mass is 664 g/mol. The van der Waals surface area contributed by atoms with E-state index in [1.807, 2.05) is 42.6 Å². The van der Waals surface area contributed by atoms with E-state index < -0.39 is 0 Å². The number of hydroxylamine groups is 1. The number of hydrogen-bond donors (Lipinski definition) is 2. The van der Waals surface area contributed by atoms with Crippen LogP contribution in [0.5, 0.6) is 0 Å². The number of rotatable bonds is 9. The summed E-state index contributed by atoms with van der Waals surface area (Å²) in [5, 5.41) is 3.92. The van der Waals surface area contributed by atoms with Gasteiger partial charge in [0.05, 0.1) is 23.6 Å². The van der Waals surface area contributed by atoms with Gasteiger partial charge in [0.25, 0.3) is 11.5 Å². The summed E-state index contributed by atoms with van der Waals surface area (Å²) in [7, 11) is 0. The molecule has 1 saturated heterocycles. The van der Waals surface area contributed by atoms with Gasteiger partial charge in [0.15, 0.2) is 5.78 Å². The zero-order valence-electron chi connectivity index (χ0n) is 28.3. The first-order chi connectivity index (χ1) is 23.9. The molecule has 49 heavy (non-hydrogen) atoms. The minimum atomic E-state index is -0.267. The summed E-state index contributed by atoms with van der Waals surface area (Å²) in [5.74, 6) is 0.506. The number of amides is 1. The predicted octanol–water partition coefficient (Wildman–Crippen LogP) is 5.88. The number of ketones is 1. The van der Waals surface area contributed by atoms with Crippen LogP contribution in [0.1, 0.15) is 97.0 Å². The third-order valence-corrected chi connectivity index (χ3v) is 10.2. The minimum absolute atomic E-state index is 0.0194. The fraction of sp³-hybridized carbons (Fsp3) is 0.459. The normalized spacial score (nSPS) is 17.4. The van der Waals surface area contributed by atoms with Crippen LogP contribution in [0.2, 0.25) is 0 Å². The Hall–Kier alpha value is -4.84. The number of pyridine rings is 2. The molecule has 256 valence electrons. The number of hydrogen-bond acceptors (Lipinski definition) is 10. The smallest absolute Gasteiger partial charge is 0.274 e. The maximum atomic E-state index is 13.5. The van der Waals surface area contributed by atoms with Crippen molar-refractivity contribution in [2.75, 3.05) is 41.3 Å². The molecular weight excluding hydrogens is 620 g/mol. The molecular formula is C37H44N8O4. The zero-order chi connectivity index (χ0) is 33.9. The molecule has 7 rings (SSSR count). The molecule has 0 radical (unpaired) electrons. The van der Waals surface area contributed by atoms with Gasteiger partial charge in [0, 0.05) is 55.1 Å². The number of piperazine rings is 1. The molecule has 3 aromatic heterocycles. The fourth-order valence-corrected chi connectivity index (χ4v) is 7.50. The third-order valence-electron chi connectivity index (χ3n) is 10.2. The van der Waals surface area contributed by atoms with Gasteiger partial charge in [-0.25, -0.2) is 15.4 Å². The summed E-state index contributed by atoms with van der Waals surface area (Å²) < 4.78 is 1.72. The highest BCUT2D eigenvalue weighted by molar-refractivity contribution is 5.99. The van der Waals surface area contributed by atoms with Crippen LogP contribution in [0, 0.1) is 6.92 Å². The van der Waals surface area contributed by atoms with Crippen molar-refractivity contribution in [2.24, 2.45) is 0 Å². The number of carbonyl (C=O) groups excluding carboxylic acids is 2. The van der Waals surface area contributed by atoms with Crippen LogP contribution in [0.3, 0.4) is 0 Å². The first kappa shape index (κ1) is 32.7. The van der Waals surface area contributed by atoms with E-state index in [2.05, 4.69) is 30.6 Å². The Morgan fingerprint density at radius 3 is 2.12 bits per heavy atom. The Morgan fingerprint density at radius 1 is 0.816 bits per heavy atom. The number of fused-ring (bicyclic) bond motifs is 1. The Labute approximate surface area is 285 Å². The highest BCUT2D eigenvalue weighted by atomic mass is 16.7. The summed E-state index contributed by atoms with van der Waals surface area (Å²) in [4.78, 5) is 62.7. The topological polar surface area (TPSA) is 135 Å². The molecule has 2 N–H and O–H groups in total. The number of aryl methyl sites for hydroxylation is 1. The highest BCUT2D eigenvalue weighted by Crippen LogP contribution is 2.32. The van der Waals surface area contributed by atoms with Gasteiger partial charge in [-0.3, -0.25) is 23.8 Å². The summed E-state index contributed by atoms with van der Waals surface area (Å²) in [6.07, 6.45) is 13.1. The molecule has 0 atom stereocenters. The molecule has 0 spiro atoms. The van der Waals surface area contributed by atoms with Crippen LogP contribution < -0.4 is 26.2 Å². The van der Waals surface area contributed by atoms with E-state index in [0.717, 1.165) is 88.9 Å². The van der Waals surface area contributed by atoms with E-state index in [4.69, 9.17) is 9.82 Å². The van der Waals surface area contributed by atoms with Gasteiger partial charge < -0.3 is 15.1 Å². The average Bonchev–Trinajstić information content (AvgIpc) is 3.66. The lowest BCUT2D eigenvalue weighted by Crippen LogP contribution is -2.46. The highest BCUT2D eigenvalue weighted by Gasteiger charge is 2.26. The molecule has 4 aromatic rings. The van der Waals surface area contributed by atoms with Crippen molar-refractivity contribution in [1.82, 2.24) is 25.0 Å². The van der Waals surface area contributed by atoms with Crippen LogP contribution in [0.15, 0.2) is 53.6 Å². The molecule has 4 heterocycles. The van der Waals surface area contributed by atoms with Gasteiger partial charge in [0.1, 0.15) is 11.5 Å². The lowest BCUT2D eigenvalue weighted by Gasteiger charge is -2.37. The average molecular weight is 665 g/mol. The van der Waals surface area contributed by atoms with Crippen LogP contribution >= 0.6 is 0 Å². The molecule has 3 fully saturated rings. The molecule has 12 heteroatoms.